The molecule has 0 bridgehead atoms. The van der Waals surface area contributed by atoms with Gasteiger partial charge in [0.25, 0.3) is 5.91 Å². The fraction of sp³-hybridized carbons (Fsp3) is 0.250. The number of alkyl halides is 1. The van der Waals surface area contributed by atoms with E-state index in [1.165, 1.54) is 18.2 Å². The van der Waals surface area contributed by atoms with Gasteiger partial charge in [-0.25, -0.2) is 4.39 Å². The molecule has 19 heavy (non-hydrogen) atoms. The smallest absolute Gasteiger partial charge is 0.305 e. The largest absolute Gasteiger partial charge is 0.481 e. The van der Waals surface area contributed by atoms with Crippen LogP contribution in [0.25, 0.3) is 0 Å². The summed E-state index contributed by atoms with van der Waals surface area (Å²) in [4.78, 5) is 33.5. The lowest BCUT2D eigenvalue weighted by Crippen LogP contribution is -2.43. The zero-order valence-electron chi connectivity index (χ0n) is 9.73. The predicted molar refractivity (Wildman–Crippen MR) is 65.9 cm³/mol. The quantitative estimate of drug-likeness (QED) is 0.829. The third-order valence-electron chi connectivity index (χ3n) is 2.29. The number of benzene rings is 1. The van der Waals surface area contributed by atoms with Crippen molar-refractivity contribution < 1.29 is 23.9 Å². The fourth-order valence-corrected chi connectivity index (χ4v) is 1.57. The second kappa shape index (κ2) is 6.84. The van der Waals surface area contributed by atoms with Crippen LogP contribution in [0, 0.1) is 0 Å². The highest BCUT2D eigenvalue weighted by Gasteiger charge is 2.23. The zero-order chi connectivity index (χ0) is 14.4. The molecular weight excluding hydrogens is 277 g/mol. The molecule has 1 amide bonds. The fourth-order valence-electron chi connectivity index (χ4n) is 1.38. The van der Waals surface area contributed by atoms with Crippen molar-refractivity contribution in [3.05, 3.63) is 34.9 Å². The average Bonchev–Trinajstić information content (AvgIpc) is 2.36. The Bertz CT molecular complexity index is 506. The number of carboxylic acids is 1. The summed E-state index contributed by atoms with van der Waals surface area (Å²) in [5, 5.41) is 11.1. The maximum absolute atomic E-state index is 12.3. The number of hydrogen-bond donors (Lipinski definition) is 2. The molecule has 0 spiro atoms. The third-order valence-corrected chi connectivity index (χ3v) is 2.53. The molecule has 0 fully saturated rings. The number of carboxylic acid groups (broad SMARTS) is 1. The Morgan fingerprint density at radius 2 is 2.05 bits per heavy atom. The lowest BCUT2D eigenvalue weighted by atomic mass is 10.1. The maximum Gasteiger partial charge on any atom is 0.305 e. The van der Waals surface area contributed by atoms with Gasteiger partial charge >= 0.3 is 5.97 Å². The van der Waals surface area contributed by atoms with Crippen LogP contribution in [0.1, 0.15) is 16.8 Å². The zero-order valence-corrected chi connectivity index (χ0v) is 10.5. The Kier molecular flexibility index (Phi) is 5.44. The first-order valence-corrected chi connectivity index (χ1v) is 5.68. The number of carbonyl (C=O) groups excluding carboxylic acids is 2. The van der Waals surface area contributed by atoms with Crippen molar-refractivity contribution in [3.8, 4) is 0 Å². The second-order valence-electron chi connectivity index (χ2n) is 3.73. The number of ketones is 1. The molecule has 0 saturated carbocycles. The van der Waals surface area contributed by atoms with Gasteiger partial charge in [-0.1, -0.05) is 17.7 Å². The summed E-state index contributed by atoms with van der Waals surface area (Å²) in [6, 6.07) is 4.49. The standard InChI is InChI=1S/C12H11ClFNO4/c13-8-3-1-2-7(4-8)12(19)15-9(5-11(17)18)10(16)6-14/h1-4,9H,5-6H2,(H,15,19)(H,17,18). The van der Waals surface area contributed by atoms with Gasteiger partial charge < -0.3 is 10.4 Å². The van der Waals surface area contributed by atoms with E-state index in [-0.39, 0.29) is 5.56 Å². The Balaban J connectivity index is 2.81. The SMILES string of the molecule is O=C(O)CC(NC(=O)c1cccc(Cl)c1)C(=O)CF. The summed E-state index contributed by atoms with van der Waals surface area (Å²) < 4.78 is 12.3. The minimum Gasteiger partial charge on any atom is -0.481 e. The van der Waals surface area contributed by atoms with E-state index in [2.05, 4.69) is 5.32 Å². The Morgan fingerprint density at radius 3 is 2.58 bits per heavy atom. The van der Waals surface area contributed by atoms with E-state index in [9.17, 15) is 18.8 Å². The molecule has 1 atom stereocenters. The van der Waals surface area contributed by atoms with E-state index in [1.54, 1.807) is 6.07 Å². The van der Waals surface area contributed by atoms with E-state index in [1.807, 2.05) is 0 Å². The number of nitrogens with one attached hydrogen (secondary N) is 1. The molecule has 1 aromatic carbocycles. The van der Waals surface area contributed by atoms with Crippen molar-refractivity contribution >= 4 is 29.3 Å². The molecule has 0 heterocycles. The summed E-state index contributed by atoms with van der Waals surface area (Å²) in [7, 11) is 0. The molecule has 1 aromatic rings. The summed E-state index contributed by atoms with van der Waals surface area (Å²) >= 11 is 5.70. The number of rotatable bonds is 6. The summed E-state index contributed by atoms with van der Waals surface area (Å²) in [5.41, 5.74) is 0.162. The number of hydrogen-bond acceptors (Lipinski definition) is 3. The molecule has 0 aliphatic heterocycles. The van der Waals surface area contributed by atoms with Crippen LogP contribution < -0.4 is 5.32 Å². The number of carbonyl (C=O) groups is 3. The van der Waals surface area contributed by atoms with Crippen molar-refractivity contribution in [2.75, 3.05) is 6.67 Å². The van der Waals surface area contributed by atoms with Crippen LogP contribution in [0.15, 0.2) is 24.3 Å². The van der Waals surface area contributed by atoms with Crippen LogP contribution in [0.3, 0.4) is 0 Å². The lowest BCUT2D eigenvalue weighted by Gasteiger charge is -2.14. The van der Waals surface area contributed by atoms with Crippen molar-refractivity contribution in [2.45, 2.75) is 12.5 Å². The van der Waals surface area contributed by atoms with E-state index in [0.29, 0.717) is 5.02 Å². The van der Waals surface area contributed by atoms with Gasteiger partial charge in [-0.2, -0.15) is 0 Å². The second-order valence-corrected chi connectivity index (χ2v) is 4.17. The normalized spacial score (nSPS) is 11.7. The molecule has 102 valence electrons. The van der Waals surface area contributed by atoms with Crippen LogP contribution >= 0.6 is 11.6 Å². The molecule has 1 unspecified atom stereocenters. The van der Waals surface area contributed by atoms with E-state index >= 15 is 0 Å². The van der Waals surface area contributed by atoms with Gasteiger partial charge in [0.15, 0.2) is 5.78 Å². The molecule has 0 saturated heterocycles. The topological polar surface area (TPSA) is 83.5 Å². The Morgan fingerprint density at radius 1 is 1.37 bits per heavy atom. The van der Waals surface area contributed by atoms with Crippen molar-refractivity contribution in [2.24, 2.45) is 0 Å². The highest BCUT2D eigenvalue weighted by atomic mass is 35.5. The molecular formula is C12H11ClFNO4. The minimum atomic E-state index is -1.39. The summed E-state index contributed by atoms with van der Waals surface area (Å²) in [6.45, 7) is -1.34. The highest BCUT2D eigenvalue weighted by Crippen LogP contribution is 2.11. The number of halogens is 2. The van der Waals surface area contributed by atoms with Crippen LogP contribution in [-0.2, 0) is 9.59 Å². The van der Waals surface area contributed by atoms with Crippen LogP contribution in [-0.4, -0.2) is 35.5 Å². The third kappa shape index (κ3) is 4.67. The first kappa shape index (κ1) is 15.1. The van der Waals surface area contributed by atoms with Gasteiger partial charge in [-0.05, 0) is 18.2 Å². The maximum atomic E-state index is 12.3. The molecule has 2 N–H and O–H groups in total. The molecule has 0 aromatic heterocycles. The van der Waals surface area contributed by atoms with Gasteiger partial charge in [-0.3, -0.25) is 14.4 Å². The number of aliphatic carboxylic acids is 1. The van der Waals surface area contributed by atoms with Gasteiger partial charge in [0.05, 0.1) is 6.42 Å². The summed E-state index contributed by atoms with van der Waals surface area (Å²) in [6.07, 6.45) is -0.672. The first-order chi connectivity index (χ1) is 8.93. The van der Waals surface area contributed by atoms with Crippen LogP contribution in [0.2, 0.25) is 5.02 Å². The summed E-state index contributed by atoms with van der Waals surface area (Å²) in [5.74, 6) is -2.98. The van der Waals surface area contributed by atoms with Gasteiger partial charge in [0.1, 0.15) is 12.7 Å². The van der Waals surface area contributed by atoms with Crippen LogP contribution in [0.5, 0.6) is 0 Å². The van der Waals surface area contributed by atoms with Gasteiger partial charge in [0, 0.05) is 10.6 Å². The molecule has 0 radical (unpaired) electrons. The molecule has 5 nitrogen and oxygen atoms in total. The molecule has 7 heteroatoms. The number of amides is 1. The highest BCUT2D eigenvalue weighted by molar-refractivity contribution is 6.31. The minimum absolute atomic E-state index is 0.162. The van der Waals surface area contributed by atoms with E-state index < -0.39 is 36.8 Å². The lowest BCUT2D eigenvalue weighted by molar-refractivity contribution is -0.139. The molecule has 0 aliphatic carbocycles. The van der Waals surface area contributed by atoms with E-state index in [4.69, 9.17) is 16.7 Å². The predicted octanol–water partition coefficient (Wildman–Crippen LogP) is 1.45. The Hall–Kier alpha value is -1.95. The average molecular weight is 288 g/mol. The number of Topliss-reactive ketones (excluding diaryl/α,β-unsaturated/α-hetero) is 1. The van der Waals surface area contributed by atoms with Crippen molar-refractivity contribution in [1.82, 2.24) is 5.32 Å². The molecule has 1 rings (SSSR count). The van der Waals surface area contributed by atoms with Crippen molar-refractivity contribution in [3.63, 3.8) is 0 Å². The molecule has 0 aliphatic rings. The van der Waals surface area contributed by atoms with Gasteiger partial charge in [0.2, 0.25) is 0 Å². The van der Waals surface area contributed by atoms with Crippen LogP contribution in [0.4, 0.5) is 4.39 Å². The van der Waals surface area contributed by atoms with Crippen molar-refractivity contribution in [1.29, 1.82) is 0 Å². The Labute approximate surface area is 113 Å². The van der Waals surface area contributed by atoms with Gasteiger partial charge in [-0.15, -0.1) is 0 Å². The first-order valence-electron chi connectivity index (χ1n) is 5.31. The van der Waals surface area contributed by atoms with E-state index in [0.717, 1.165) is 0 Å². The monoisotopic (exact) mass is 287 g/mol.